The van der Waals surface area contributed by atoms with E-state index in [9.17, 15) is 9.59 Å². The number of nitrogens with two attached hydrogens (primary N) is 1. The number of esters is 1. The lowest BCUT2D eigenvalue weighted by Crippen LogP contribution is -2.33. The van der Waals surface area contributed by atoms with Crippen LogP contribution in [0, 0.1) is 0 Å². The van der Waals surface area contributed by atoms with E-state index in [0.717, 1.165) is 37.9 Å². The molecule has 0 radical (unpaired) electrons. The number of rotatable bonds is 22. The molecule has 6 heteroatoms. The Bertz CT molecular complexity index is 519. The third-order valence-electron chi connectivity index (χ3n) is 5.67. The largest absolute Gasteiger partial charge is 0.464 e. The molecule has 0 saturated heterocycles. The van der Waals surface area contributed by atoms with E-state index < -0.39 is 16.1 Å². The van der Waals surface area contributed by atoms with E-state index in [1.807, 2.05) is 13.8 Å². The molecular formula is C29H60N2O3S. The van der Waals surface area contributed by atoms with Crippen LogP contribution in [0.15, 0.2) is 12.2 Å². The van der Waals surface area contributed by atoms with Crippen LogP contribution in [0.1, 0.15) is 117 Å². The van der Waals surface area contributed by atoms with Crippen molar-refractivity contribution in [2.24, 2.45) is 5.73 Å². The van der Waals surface area contributed by atoms with Crippen LogP contribution in [0.2, 0.25) is 0 Å². The summed E-state index contributed by atoms with van der Waals surface area (Å²) in [6, 6.07) is -0.559. The van der Waals surface area contributed by atoms with E-state index in [1.54, 1.807) is 0 Å². The molecule has 0 aliphatic rings. The fraction of sp³-hybridized carbons (Fsp3) is 0.862. The molecule has 0 heterocycles. The molecule has 0 unspecified atom stereocenters. The number of amides is 1. The van der Waals surface area contributed by atoms with Crippen LogP contribution >= 0.6 is 10.0 Å². The summed E-state index contributed by atoms with van der Waals surface area (Å²) in [6.45, 7) is 7.36. The number of hydrogen-bond donors (Lipinski definition) is 2. The Balaban J connectivity index is 0. The molecule has 0 fully saturated rings. The fourth-order valence-electron chi connectivity index (χ4n) is 3.43. The van der Waals surface area contributed by atoms with Crippen LogP contribution in [-0.4, -0.2) is 55.6 Å². The average molecular weight is 517 g/mol. The van der Waals surface area contributed by atoms with Crippen molar-refractivity contribution in [3.8, 4) is 0 Å². The zero-order valence-electron chi connectivity index (χ0n) is 24.2. The first-order chi connectivity index (χ1) is 16.8. The third-order valence-corrected chi connectivity index (χ3v) is 7.06. The number of carbonyl (C=O) groups excluding carboxylic acids is 2. The van der Waals surface area contributed by atoms with Gasteiger partial charge < -0.3 is 15.8 Å². The highest BCUT2D eigenvalue weighted by Crippen LogP contribution is 2.33. The van der Waals surface area contributed by atoms with Crippen LogP contribution in [0.3, 0.4) is 0 Å². The lowest BCUT2D eigenvalue weighted by molar-refractivity contribution is -0.144. The SMILES string of the molecule is CC.CCCCCCC/C=C/CCCCCCC(=O)NCCCC[C@H](N)C(=O)OCCS(C)(C)C. The smallest absolute Gasteiger partial charge is 0.322 e. The standard InChI is InChI=1S/C27H54N2O3S.C2H6/c1-5-6-7-8-9-10-11-12-13-14-15-16-17-21-26(30)29-22-19-18-20-25(28)27(31)32-23-24-33(2,3)4;1-2/h11-12,25H,5-10,13-24,28H2,1-4H3,(H,29,30);1-2H3/b12-11+;/t25-;/m0./s1. The minimum Gasteiger partial charge on any atom is -0.464 e. The van der Waals surface area contributed by atoms with Gasteiger partial charge in [0.2, 0.25) is 5.91 Å². The summed E-state index contributed by atoms with van der Waals surface area (Å²) in [7, 11) is -0.659. The quantitative estimate of drug-likeness (QED) is 0.0911. The Morgan fingerprint density at radius 2 is 1.43 bits per heavy atom. The van der Waals surface area contributed by atoms with Gasteiger partial charge in [0.15, 0.2) is 0 Å². The summed E-state index contributed by atoms with van der Waals surface area (Å²) >= 11 is 0. The highest BCUT2D eigenvalue weighted by atomic mass is 32.3. The highest BCUT2D eigenvalue weighted by Gasteiger charge is 2.15. The van der Waals surface area contributed by atoms with Gasteiger partial charge in [0.25, 0.3) is 0 Å². The monoisotopic (exact) mass is 516 g/mol. The summed E-state index contributed by atoms with van der Waals surface area (Å²) in [5.41, 5.74) is 5.91. The molecule has 3 N–H and O–H groups in total. The van der Waals surface area contributed by atoms with Crippen molar-refractivity contribution in [1.29, 1.82) is 0 Å². The maximum Gasteiger partial charge on any atom is 0.322 e. The lowest BCUT2D eigenvalue weighted by atomic mass is 10.1. The zero-order valence-corrected chi connectivity index (χ0v) is 25.0. The summed E-state index contributed by atoms with van der Waals surface area (Å²) in [5.74, 6) is 0.736. The molecule has 35 heavy (non-hydrogen) atoms. The Hall–Kier alpha value is -1.01. The van der Waals surface area contributed by atoms with Crippen LogP contribution in [-0.2, 0) is 14.3 Å². The van der Waals surface area contributed by atoms with Crippen molar-refractivity contribution in [2.75, 3.05) is 37.7 Å². The van der Waals surface area contributed by atoms with Crippen molar-refractivity contribution in [3.63, 3.8) is 0 Å². The van der Waals surface area contributed by atoms with E-state index in [-0.39, 0.29) is 11.9 Å². The fourth-order valence-corrected chi connectivity index (χ4v) is 4.01. The van der Waals surface area contributed by atoms with Gasteiger partial charge >= 0.3 is 5.97 Å². The predicted molar refractivity (Wildman–Crippen MR) is 158 cm³/mol. The van der Waals surface area contributed by atoms with E-state index in [2.05, 4.69) is 43.2 Å². The van der Waals surface area contributed by atoms with E-state index in [1.165, 1.54) is 51.4 Å². The number of unbranched alkanes of at least 4 members (excludes halogenated alkanes) is 10. The molecular weight excluding hydrogens is 456 g/mol. The van der Waals surface area contributed by atoms with Crippen LogP contribution < -0.4 is 11.1 Å². The summed E-state index contributed by atoms with van der Waals surface area (Å²) in [4.78, 5) is 23.8. The molecule has 0 bridgehead atoms. The summed E-state index contributed by atoms with van der Waals surface area (Å²) in [6.07, 6.45) is 27.7. The van der Waals surface area contributed by atoms with Crippen molar-refractivity contribution >= 4 is 21.9 Å². The predicted octanol–water partition coefficient (Wildman–Crippen LogP) is 7.12. The van der Waals surface area contributed by atoms with Crippen LogP contribution in [0.4, 0.5) is 0 Å². The molecule has 210 valence electrons. The highest BCUT2D eigenvalue weighted by molar-refractivity contribution is 8.32. The average Bonchev–Trinajstić information content (AvgIpc) is 2.82. The Morgan fingerprint density at radius 3 is 2.00 bits per heavy atom. The normalized spacial score (nSPS) is 12.7. The third kappa shape index (κ3) is 29.1. The van der Waals surface area contributed by atoms with Gasteiger partial charge in [-0.15, -0.1) is 0 Å². The molecule has 0 saturated carbocycles. The van der Waals surface area contributed by atoms with E-state index in [4.69, 9.17) is 10.5 Å². The van der Waals surface area contributed by atoms with Crippen molar-refractivity contribution < 1.29 is 14.3 Å². The first-order valence-electron chi connectivity index (χ1n) is 14.3. The number of nitrogens with one attached hydrogen (secondary N) is 1. The molecule has 0 aromatic carbocycles. The maximum absolute atomic E-state index is 11.9. The Kier molecular flexibility index (Phi) is 26.9. The second kappa shape index (κ2) is 26.1. The van der Waals surface area contributed by atoms with Gasteiger partial charge in [-0.2, -0.15) is 0 Å². The van der Waals surface area contributed by atoms with Crippen molar-refractivity contribution in [1.82, 2.24) is 5.32 Å². The molecule has 1 amide bonds. The molecule has 5 nitrogen and oxygen atoms in total. The van der Waals surface area contributed by atoms with Crippen molar-refractivity contribution in [3.05, 3.63) is 12.2 Å². The maximum atomic E-state index is 11.9. The van der Waals surface area contributed by atoms with Gasteiger partial charge in [0.1, 0.15) is 6.04 Å². The minimum absolute atomic E-state index is 0.131. The molecule has 0 aliphatic carbocycles. The molecule has 0 rings (SSSR count). The number of allylic oxidation sites excluding steroid dienone is 2. The summed E-state index contributed by atoms with van der Waals surface area (Å²) < 4.78 is 5.27. The van der Waals surface area contributed by atoms with Crippen molar-refractivity contribution in [2.45, 2.75) is 123 Å². The first-order valence-corrected chi connectivity index (χ1v) is 17.3. The van der Waals surface area contributed by atoms with Gasteiger partial charge in [-0.3, -0.25) is 9.59 Å². The van der Waals surface area contributed by atoms with Gasteiger partial charge in [0.05, 0.1) is 6.61 Å². The second-order valence-corrected chi connectivity index (χ2v) is 14.6. The van der Waals surface area contributed by atoms with Gasteiger partial charge in [-0.05, 0) is 70.1 Å². The molecule has 0 aliphatic heterocycles. The van der Waals surface area contributed by atoms with Crippen LogP contribution in [0.25, 0.3) is 0 Å². The Morgan fingerprint density at radius 1 is 0.857 bits per heavy atom. The van der Waals surface area contributed by atoms with E-state index in [0.29, 0.717) is 26.0 Å². The molecule has 1 atom stereocenters. The molecule has 0 spiro atoms. The summed E-state index contributed by atoms with van der Waals surface area (Å²) in [5, 5.41) is 2.98. The number of ether oxygens (including phenoxy) is 1. The van der Waals surface area contributed by atoms with E-state index >= 15 is 0 Å². The first kappa shape index (κ1) is 36.1. The number of hydrogen-bond acceptors (Lipinski definition) is 4. The Labute approximate surface area is 220 Å². The van der Waals surface area contributed by atoms with Gasteiger partial charge in [-0.25, -0.2) is 10.0 Å². The molecule has 0 aromatic rings. The number of carbonyl (C=O) groups is 2. The molecule has 0 aromatic heterocycles. The topological polar surface area (TPSA) is 81.4 Å². The van der Waals surface area contributed by atoms with Gasteiger partial charge in [-0.1, -0.05) is 71.4 Å². The van der Waals surface area contributed by atoms with Gasteiger partial charge in [0, 0.05) is 18.7 Å². The lowest BCUT2D eigenvalue weighted by Gasteiger charge is -2.24. The second-order valence-electron chi connectivity index (χ2n) is 10.0. The zero-order chi connectivity index (χ0) is 26.8. The minimum atomic E-state index is -0.659. The van der Waals surface area contributed by atoms with Crippen LogP contribution in [0.5, 0.6) is 0 Å².